The third-order valence-corrected chi connectivity index (χ3v) is 7.27. The van der Waals surface area contributed by atoms with Crippen molar-refractivity contribution in [2.75, 3.05) is 31.5 Å². The largest absolute Gasteiger partial charge is 0.573 e. The maximum Gasteiger partial charge on any atom is 0.573 e. The van der Waals surface area contributed by atoms with Gasteiger partial charge in [0.15, 0.2) is 0 Å². The van der Waals surface area contributed by atoms with E-state index in [1.165, 1.54) is 12.1 Å². The Kier molecular flexibility index (Phi) is 8.24. The zero-order valence-corrected chi connectivity index (χ0v) is 21.9. The quantitative estimate of drug-likeness (QED) is 0.401. The van der Waals surface area contributed by atoms with Gasteiger partial charge in [-0.25, -0.2) is 0 Å². The van der Waals surface area contributed by atoms with Gasteiger partial charge in [0.25, 0.3) is 0 Å². The lowest BCUT2D eigenvalue weighted by atomic mass is 9.86. The topological polar surface area (TPSA) is 112 Å². The molecule has 9 nitrogen and oxygen atoms in total. The second-order valence-electron chi connectivity index (χ2n) is 10.5. The summed E-state index contributed by atoms with van der Waals surface area (Å²) in [6.45, 7) is 9.55. The summed E-state index contributed by atoms with van der Waals surface area (Å²) in [5.41, 5.74) is 2.07. The molecule has 4 N–H and O–H groups in total. The molecule has 5 unspecified atom stereocenters. The van der Waals surface area contributed by atoms with Crippen LogP contribution in [0.3, 0.4) is 0 Å². The van der Waals surface area contributed by atoms with Gasteiger partial charge < -0.3 is 30.5 Å². The normalized spacial score (nSPS) is 28.5. The summed E-state index contributed by atoms with van der Waals surface area (Å²) in [6.07, 6.45) is -5.15. The minimum absolute atomic E-state index is 0.0772. The van der Waals surface area contributed by atoms with Gasteiger partial charge in [-0.1, -0.05) is 6.92 Å². The number of benzene rings is 1. The lowest BCUT2D eigenvalue weighted by molar-refractivity contribution is -0.274. The van der Waals surface area contributed by atoms with Crippen molar-refractivity contribution in [1.29, 1.82) is 0 Å². The number of allylic oxidation sites excluding steroid dienone is 1. The Hall–Kier alpha value is -2.83. The molecule has 0 aliphatic carbocycles. The molecular formula is C26H35F3N4O5. The number of amides is 2. The standard InChI is InChI=1S/C26H35F3N4O5/c1-13-10-33(11-14(2)37-13)12-17(34)9-30-25(36)23-15(3)22(31-16(23)4)8-20-19-7-18(38-26(27,28)29)5-6-21(19)32-24(20)35/h5-7,13-15,17,20,22,31,34H,8-12H2,1-4H3,(H,30,36)(H,32,35)/t13?,14?,15?,17?,20-,22?/m1/s1. The molecule has 3 aliphatic heterocycles. The lowest BCUT2D eigenvalue weighted by Gasteiger charge is -2.36. The number of nitrogens with zero attached hydrogens (tertiary/aromatic N) is 1. The molecule has 0 aromatic heterocycles. The van der Waals surface area contributed by atoms with Gasteiger partial charge in [0.05, 0.1) is 24.2 Å². The SMILES string of the molecule is CC1=C(C(=O)NCC(O)CN2CC(C)OC(C)C2)C(C)C(C[C@H]2C(=O)Nc3ccc(OC(F)(F)F)cc32)N1. The van der Waals surface area contributed by atoms with Crippen molar-refractivity contribution in [3.05, 3.63) is 35.0 Å². The van der Waals surface area contributed by atoms with Crippen LogP contribution in [0.25, 0.3) is 0 Å². The summed E-state index contributed by atoms with van der Waals surface area (Å²) in [5, 5.41) is 19.3. The predicted molar refractivity (Wildman–Crippen MR) is 133 cm³/mol. The van der Waals surface area contributed by atoms with Gasteiger partial charge in [0.2, 0.25) is 11.8 Å². The number of aliphatic hydroxyl groups excluding tert-OH is 1. The number of ether oxygens (including phenoxy) is 2. The van der Waals surface area contributed by atoms with Crippen LogP contribution in [0.15, 0.2) is 29.5 Å². The Balaban J connectivity index is 1.34. The van der Waals surface area contributed by atoms with Crippen LogP contribution in [-0.2, 0) is 14.3 Å². The zero-order valence-electron chi connectivity index (χ0n) is 21.9. The van der Waals surface area contributed by atoms with Crippen molar-refractivity contribution < 1.29 is 37.3 Å². The minimum Gasteiger partial charge on any atom is -0.406 e. The zero-order chi connectivity index (χ0) is 27.8. The smallest absolute Gasteiger partial charge is 0.406 e. The number of alkyl halides is 3. The molecule has 6 atom stereocenters. The number of fused-ring (bicyclic) bond motifs is 1. The van der Waals surface area contributed by atoms with Crippen LogP contribution >= 0.6 is 0 Å². The van der Waals surface area contributed by atoms with E-state index in [1.54, 1.807) is 6.92 Å². The van der Waals surface area contributed by atoms with Gasteiger partial charge in [-0.3, -0.25) is 14.5 Å². The molecular weight excluding hydrogens is 505 g/mol. The van der Waals surface area contributed by atoms with Crippen molar-refractivity contribution in [3.63, 3.8) is 0 Å². The Morgan fingerprint density at radius 3 is 2.61 bits per heavy atom. The minimum atomic E-state index is -4.84. The molecule has 38 heavy (non-hydrogen) atoms. The van der Waals surface area contributed by atoms with E-state index in [0.29, 0.717) is 42.2 Å². The molecule has 1 fully saturated rings. The van der Waals surface area contributed by atoms with Gasteiger partial charge >= 0.3 is 6.36 Å². The third kappa shape index (κ3) is 6.59. The first-order valence-corrected chi connectivity index (χ1v) is 12.8. The van der Waals surface area contributed by atoms with Crippen LogP contribution < -0.4 is 20.7 Å². The molecule has 2 amide bonds. The Labute approximate surface area is 219 Å². The summed E-state index contributed by atoms with van der Waals surface area (Å²) in [5.74, 6) is -1.97. The maximum atomic E-state index is 13.0. The number of rotatable bonds is 8. The highest BCUT2D eigenvalue weighted by Gasteiger charge is 2.40. The number of carbonyl (C=O) groups is 2. The van der Waals surface area contributed by atoms with E-state index in [-0.39, 0.29) is 54.7 Å². The van der Waals surface area contributed by atoms with E-state index in [0.717, 1.165) is 6.07 Å². The molecule has 1 aromatic rings. The van der Waals surface area contributed by atoms with Crippen LogP contribution in [0.4, 0.5) is 18.9 Å². The Morgan fingerprint density at radius 1 is 1.26 bits per heavy atom. The van der Waals surface area contributed by atoms with E-state index in [1.807, 2.05) is 20.8 Å². The first-order valence-electron chi connectivity index (χ1n) is 12.8. The second kappa shape index (κ2) is 11.1. The van der Waals surface area contributed by atoms with Crippen LogP contribution in [0, 0.1) is 5.92 Å². The van der Waals surface area contributed by atoms with Gasteiger partial charge in [0, 0.05) is 55.1 Å². The highest BCUT2D eigenvalue weighted by molar-refractivity contribution is 6.03. The third-order valence-electron chi connectivity index (χ3n) is 7.27. The molecule has 3 aliphatic rings. The predicted octanol–water partition coefficient (Wildman–Crippen LogP) is 2.48. The molecule has 1 saturated heterocycles. The van der Waals surface area contributed by atoms with Gasteiger partial charge in [-0.2, -0.15) is 0 Å². The summed E-state index contributed by atoms with van der Waals surface area (Å²) in [6, 6.07) is 3.50. The summed E-state index contributed by atoms with van der Waals surface area (Å²) in [7, 11) is 0. The van der Waals surface area contributed by atoms with Gasteiger partial charge in [-0.05, 0) is 51.0 Å². The van der Waals surface area contributed by atoms with E-state index in [9.17, 15) is 27.9 Å². The molecule has 0 saturated carbocycles. The maximum absolute atomic E-state index is 13.0. The van der Waals surface area contributed by atoms with Gasteiger partial charge in [-0.15, -0.1) is 13.2 Å². The molecule has 210 valence electrons. The van der Waals surface area contributed by atoms with Crippen molar-refractivity contribution in [2.45, 2.75) is 70.7 Å². The lowest BCUT2D eigenvalue weighted by Crippen LogP contribution is -2.49. The summed E-state index contributed by atoms with van der Waals surface area (Å²) < 4.78 is 47.8. The molecule has 0 radical (unpaired) electrons. The van der Waals surface area contributed by atoms with Crippen LogP contribution in [0.5, 0.6) is 5.75 Å². The fourth-order valence-corrected chi connectivity index (χ4v) is 5.75. The van der Waals surface area contributed by atoms with Crippen LogP contribution in [0.2, 0.25) is 0 Å². The van der Waals surface area contributed by atoms with E-state index in [2.05, 4.69) is 25.6 Å². The number of anilines is 1. The highest BCUT2D eigenvalue weighted by Crippen LogP contribution is 2.41. The first kappa shape index (κ1) is 28.2. The molecule has 12 heteroatoms. The van der Waals surface area contributed by atoms with E-state index in [4.69, 9.17) is 4.74 Å². The van der Waals surface area contributed by atoms with Gasteiger partial charge in [0.1, 0.15) is 5.75 Å². The van der Waals surface area contributed by atoms with Crippen molar-refractivity contribution in [3.8, 4) is 5.75 Å². The molecule has 4 rings (SSSR count). The summed E-state index contributed by atoms with van der Waals surface area (Å²) in [4.78, 5) is 27.8. The number of carbonyl (C=O) groups excluding carboxylic acids is 2. The van der Waals surface area contributed by atoms with E-state index < -0.39 is 18.4 Å². The molecule has 0 bridgehead atoms. The number of β-amino-alcohol motifs (C(OH)–C–C–N with tert-alkyl or cyclic N) is 1. The number of halogens is 3. The van der Waals surface area contributed by atoms with E-state index >= 15 is 0 Å². The van der Waals surface area contributed by atoms with Crippen molar-refractivity contribution in [2.24, 2.45) is 5.92 Å². The molecule has 1 aromatic carbocycles. The number of nitrogens with one attached hydrogen (secondary N) is 3. The van der Waals surface area contributed by atoms with Crippen LogP contribution in [-0.4, -0.2) is 78.7 Å². The highest BCUT2D eigenvalue weighted by atomic mass is 19.4. The number of hydrogen-bond acceptors (Lipinski definition) is 7. The monoisotopic (exact) mass is 540 g/mol. The number of aliphatic hydroxyl groups is 1. The second-order valence-corrected chi connectivity index (χ2v) is 10.5. The molecule has 0 spiro atoms. The van der Waals surface area contributed by atoms with Crippen LogP contribution in [0.1, 0.15) is 45.6 Å². The van der Waals surface area contributed by atoms with Crippen molar-refractivity contribution in [1.82, 2.24) is 15.5 Å². The number of morpholine rings is 1. The summed E-state index contributed by atoms with van der Waals surface area (Å²) >= 11 is 0. The fraction of sp³-hybridized carbons (Fsp3) is 0.615. The average molecular weight is 541 g/mol. The number of hydrogen-bond donors (Lipinski definition) is 4. The Bertz CT molecular complexity index is 1090. The van der Waals surface area contributed by atoms with Crippen molar-refractivity contribution >= 4 is 17.5 Å². The average Bonchev–Trinajstić information content (AvgIpc) is 3.25. The molecule has 3 heterocycles. The fourth-order valence-electron chi connectivity index (χ4n) is 5.75. The Morgan fingerprint density at radius 2 is 1.95 bits per heavy atom. The first-order chi connectivity index (χ1) is 17.8.